The maximum absolute atomic E-state index is 13.1. The fraction of sp³-hybridized carbons (Fsp3) is 0.464. The number of carboxylic acids is 1. The Labute approximate surface area is 204 Å². The number of rotatable bonds is 6. The average molecular weight is 475 g/mol. The van der Waals surface area contributed by atoms with Crippen LogP contribution in [0.25, 0.3) is 11.1 Å². The van der Waals surface area contributed by atoms with Gasteiger partial charge in [0, 0.05) is 30.5 Å². The van der Waals surface area contributed by atoms with E-state index < -0.39 is 12.1 Å². The van der Waals surface area contributed by atoms with Gasteiger partial charge in [0.2, 0.25) is 5.91 Å². The summed E-state index contributed by atoms with van der Waals surface area (Å²) in [6.07, 6.45) is 3.23. The number of hydrogen-bond acceptors (Lipinski definition) is 4. The zero-order valence-electron chi connectivity index (χ0n) is 19.6. The molecule has 2 saturated heterocycles. The Balaban J connectivity index is 1.000. The van der Waals surface area contributed by atoms with E-state index in [9.17, 15) is 19.5 Å². The summed E-state index contributed by atoms with van der Waals surface area (Å²) in [7, 11) is 0. The number of ether oxygens (including phenoxy) is 1. The van der Waals surface area contributed by atoms with Gasteiger partial charge in [-0.05, 0) is 60.3 Å². The third kappa shape index (κ3) is 3.97. The number of nitrogens with zero attached hydrogens (tertiary/aromatic N) is 1. The largest absolute Gasteiger partial charge is 0.481 e. The summed E-state index contributed by atoms with van der Waals surface area (Å²) in [6.45, 7) is 0.697. The van der Waals surface area contributed by atoms with Crippen molar-refractivity contribution in [2.75, 3.05) is 13.2 Å². The number of nitrogens with one attached hydrogen (secondary N) is 1. The molecule has 0 radical (unpaired) electrons. The standard InChI is InChI=1S/C28H30N2O5/c31-26(30-18-9-10-19(30)12-16(11-18)27(32)33)24-13-17(24)14-29-28(34)35-15-25-22-7-3-1-5-20(22)21-6-2-4-8-23(21)25/h1-8,16-19,24-25H,9-15H2,(H,29,34)(H,32,33)/t16?,17-,18?,19?,24-/m0/s1. The Hall–Kier alpha value is -3.35. The maximum Gasteiger partial charge on any atom is 0.407 e. The van der Waals surface area contributed by atoms with Crippen LogP contribution in [0, 0.1) is 17.8 Å². The number of hydrogen-bond donors (Lipinski definition) is 2. The molecule has 7 nitrogen and oxygen atoms in total. The molecule has 1 saturated carbocycles. The highest BCUT2D eigenvalue weighted by molar-refractivity contribution is 5.83. The van der Waals surface area contributed by atoms with Crippen molar-refractivity contribution >= 4 is 18.0 Å². The first kappa shape index (κ1) is 22.1. The summed E-state index contributed by atoms with van der Waals surface area (Å²) < 4.78 is 5.61. The van der Waals surface area contributed by atoms with E-state index in [0.29, 0.717) is 19.4 Å². The van der Waals surface area contributed by atoms with Crippen molar-refractivity contribution in [3.63, 3.8) is 0 Å². The minimum atomic E-state index is -0.745. The fourth-order valence-electron chi connectivity index (χ4n) is 6.57. The van der Waals surface area contributed by atoms with E-state index in [-0.39, 0.29) is 48.3 Å². The molecule has 2 aliphatic carbocycles. The van der Waals surface area contributed by atoms with Gasteiger partial charge in [-0.1, -0.05) is 48.5 Å². The number of carbonyl (C=O) groups excluding carboxylic acids is 2. The second-order valence-corrected chi connectivity index (χ2v) is 10.4. The molecular formula is C28H30N2O5. The van der Waals surface area contributed by atoms with Crippen LogP contribution in [0.15, 0.2) is 48.5 Å². The Morgan fingerprint density at radius 2 is 1.51 bits per heavy atom. The fourth-order valence-corrected chi connectivity index (χ4v) is 6.57. The Bertz CT molecular complexity index is 1120. The second-order valence-electron chi connectivity index (χ2n) is 10.4. The van der Waals surface area contributed by atoms with E-state index >= 15 is 0 Å². The predicted octanol–water partition coefficient (Wildman–Crippen LogP) is 4.02. The highest BCUT2D eigenvalue weighted by Crippen LogP contribution is 2.46. The van der Waals surface area contributed by atoms with Crippen LogP contribution >= 0.6 is 0 Å². The molecule has 6 rings (SSSR count). The van der Waals surface area contributed by atoms with Crippen LogP contribution in [0.5, 0.6) is 0 Å². The first-order chi connectivity index (χ1) is 17.0. The van der Waals surface area contributed by atoms with Crippen molar-refractivity contribution in [1.82, 2.24) is 10.2 Å². The van der Waals surface area contributed by atoms with Crippen molar-refractivity contribution in [2.45, 2.75) is 50.1 Å². The molecular weight excluding hydrogens is 444 g/mol. The minimum Gasteiger partial charge on any atom is -0.481 e. The van der Waals surface area contributed by atoms with Gasteiger partial charge in [0.25, 0.3) is 0 Å². The van der Waals surface area contributed by atoms with Crippen LogP contribution < -0.4 is 5.32 Å². The van der Waals surface area contributed by atoms with Crippen LogP contribution in [-0.2, 0) is 14.3 Å². The molecule has 2 amide bonds. The molecule has 2 aromatic rings. The van der Waals surface area contributed by atoms with Crippen LogP contribution in [0.2, 0.25) is 0 Å². The molecule has 2 heterocycles. The van der Waals surface area contributed by atoms with Gasteiger partial charge in [-0.2, -0.15) is 0 Å². The zero-order chi connectivity index (χ0) is 24.1. The predicted molar refractivity (Wildman–Crippen MR) is 129 cm³/mol. The van der Waals surface area contributed by atoms with Gasteiger partial charge in [-0.15, -0.1) is 0 Å². The van der Waals surface area contributed by atoms with Gasteiger partial charge >= 0.3 is 12.1 Å². The molecule has 2 N–H and O–H groups in total. The summed E-state index contributed by atoms with van der Waals surface area (Å²) in [4.78, 5) is 39.0. The van der Waals surface area contributed by atoms with Crippen LogP contribution in [-0.4, -0.2) is 53.2 Å². The quantitative estimate of drug-likeness (QED) is 0.659. The summed E-state index contributed by atoms with van der Waals surface area (Å²) in [6, 6.07) is 16.6. The highest BCUT2D eigenvalue weighted by Gasteiger charge is 2.52. The highest BCUT2D eigenvalue weighted by atomic mass is 16.5. The Kier molecular flexibility index (Phi) is 5.50. The van der Waals surface area contributed by atoms with Gasteiger partial charge < -0.3 is 20.1 Å². The third-order valence-corrected chi connectivity index (χ3v) is 8.43. The Morgan fingerprint density at radius 1 is 0.914 bits per heavy atom. The molecule has 2 bridgehead atoms. The molecule has 4 atom stereocenters. The lowest BCUT2D eigenvalue weighted by Gasteiger charge is -2.38. The summed E-state index contributed by atoms with van der Waals surface area (Å²) >= 11 is 0. The van der Waals surface area contributed by atoms with Gasteiger partial charge in [-0.3, -0.25) is 9.59 Å². The molecule has 7 heteroatoms. The minimum absolute atomic E-state index is 0.0209. The zero-order valence-corrected chi connectivity index (χ0v) is 19.6. The summed E-state index contributed by atoms with van der Waals surface area (Å²) in [5.41, 5.74) is 4.74. The maximum atomic E-state index is 13.1. The van der Waals surface area contributed by atoms with Crippen molar-refractivity contribution < 1.29 is 24.2 Å². The van der Waals surface area contributed by atoms with Crippen LogP contribution in [0.3, 0.4) is 0 Å². The SMILES string of the molecule is O=C(NC[C@@H]1C[C@@H]1C(=O)N1C2CCC1CC(C(=O)O)C2)OCC1c2ccccc2-c2ccccc21. The number of carbonyl (C=O) groups is 3. The molecule has 35 heavy (non-hydrogen) atoms. The topological polar surface area (TPSA) is 95.9 Å². The van der Waals surface area contributed by atoms with E-state index in [1.165, 1.54) is 22.3 Å². The number of piperidine rings is 1. The molecule has 182 valence electrons. The van der Waals surface area contributed by atoms with E-state index in [1.807, 2.05) is 29.2 Å². The van der Waals surface area contributed by atoms with E-state index in [4.69, 9.17) is 4.74 Å². The number of fused-ring (bicyclic) bond motifs is 5. The number of benzene rings is 2. The molecule has 4 aliphatic rings. The van der Waals surface area contributed by atoms with E-state index in [2.05, 4.69) is 29.6 Å². The molecule has 0 spiro atoms. The van der Waals surface area contributed by atoms with Crippen molar-refractivity contribution in [2.24, 2.45) is 17.8 Å². The van der Waals surface area contributed by atoms with Gasteiger partial charge in [-0.25, -0.2) is 4.79 Å². The second kappa shape index (κ2) is 8.70. The van der Waals surface area contributed by atoms with Crippen molar-refractivity contribution in [3.05, 3.63) is 59.7 Å². The summed E-state index contributed by atoms with van der Waals surface area (Å²) in [5.74, 6) is -0.867. The number of aliphatic carboxylic acids is 1. The molecule has 3 fully saturated rings. The van der Waals surface area contributed by atoms with Gasteiger partial charge in [0.1, 0.15) is 6.61 Å². The van der Waals surface area contributed by atoms with Crippen molar-refractivity contribution in [3.8, 4) is 11.1 Å². The number of amides is 2. The lowest BCUT2D eigenvalue weighted by Crippen LogP contribution is -2.48. The van der Waals surface area contributed by atoms with Crippen molar-refractivity contribution in [1.29, 1.82) is 0 Å². The van der Waals surface area contributed by atoms with E-state index in [0.717, 1.165) is 19.3 Å². The smallest absolute Gasteiger partial charge is 0.407 e. The van der Waals surface area contributed by atoms with Gasteiger partial charge in [0.05, 0.1) is 5.92 Å². The molecule has 2 aromatic carbocycles. The van der Waals surface area contributed by atoms with Gasteiger partial charge in [0.15, 0.2) is 0 Å². The monoisotopic (exact) mass is 474 g/mol. The summed E-state index contributed by atoms with van der Waals surface area (Å²) in [5, 5.41) is 12.2. The lowest BCUT2D eigenvalue weighted by molar-refractivity contribution is -0.149. The van der Waals surface area contributed by atoms with E-state index in [1.54, 1.807) is 0 Å². The third-order valence-electron chi connectivity index (χ3n) is 8.43. The molecule has 2 unspecified atom stereocenters. The number of carboxylic acid groups (broad SMARTS) is 1. The first-order valence-electron chi connectivity index (χ1n) is 12.6. The first-order valence-corrected chi connectivity index (χ1v) is 12.6. The average Bonchev–Trinajstić information content (AvgIpc) is 3.52. The van der Waals surface area contributed by atoms with Crippen LogP contribution in [0.1, 0.15) is 49.1 Å². The Morgan fingerprint density at radius 3 is 2.11 bits per heavy atom. The lowest BCUT2D eigenvalue weighted by atomic mass is 9.90. The van der Waals surface area contributed by atoms with Crippen LogP contribution in [0.4, 0.5) is 4.79 Å². The normalized spacial score (nSPS) is 28.2. The molecule has 0 aromatic heterocycles. The number of alkyl carbamates (subject to hydrolysis) is 1. The molecule has 2 aliphatic heterocycles.